The predicted molar refractivity (Wildman–Crippen MR) is 73.2 cm³/mol. The van der Waals surface area contributed by atoms with Crippen molar-refractivity contribution in [2.75, 3.05) is 6.61 Å². The number of aldehydes is 1. The van der Waals surface area contributed by atoms with Gasteiger partial charge in [-0.25, -0.2) is 10.5 Å². The van der Waals surface area contributed by atoms with Gasteiger partial charge in [-0.1, -0.05) is 5.11 Å². The number of guanidine groups is 1. The Kier molecular flexibility index (Phi) is 5.89. The van der Waals surface area contributed by atoms with Crippen LogP contribution in [0.4, 0.5) is 0 Å². The fraction of sp³-hybridized carbons (Fsp3) is 0.500. The fourth-order valence-electron chi connectivity index (χ4n) is 1.99. The smallest absolute Gasteiger partial charge is 0.268 e. The molecule has 0 saturated carbocycles. The van der Waals surface area contributed by atoms with Gasteiger partial charge in [0.2, 0.25) is 5.96 Å². The number of carbonyl (C=O) groups excluding carboxylic acids is 2. The molecule has 1 saturated heterocycles. The van der Waals surface area contributed by atoms with E-state index < -0.39 is 41.9 Å². The largest absolute Gasteiger partial charge is 0.393 e. The van der Waals surface area contributed by atoms with E-state index in [1.165, 1.54) is 11.5 Å². The third kappa shape index (κ3) is 3.15. The zero-order valence-corrected chi connectivity index (χ0v) is 11.8. The Labute approximate surface area is 133 Å². The second-order valence-electron chi connectivity index (χ2n) is 4.42. The van der Waals surface area contributed by atoms with Gasteiger partial charge in [0.1, 0.15) is 24.4 Å². The van der Waals surface area contributed by atoms with Crippen LogP contribution in [0.15, 0.2) is 10.1 Å². The first-order chi connectivity index (χ1) is 11.4. The predicted octanol–water partition coefficient (Wildman–Crippen LogP) is -2.49. The molecule has 1 aliphatic rings. The number of aliphatic hydroxyl groups excluding tert-OH is 2. The number of hydrogen-bond acceptors (Lipinski definition) is 10. The number of ether oxygens (including phenoxy) is 1. The second-order valence-corrected chi connectivity index (χ2v) is 4.42. The number of nitrogens with one attached hydrogen (secondary N) is 3. The molecule has 4 atom stereocenters. The van der Waals surface area contributed by atoms with Crippen molar-refractivity contribution in [2.24, 2.45) is 16.0 Å². The van der Waals surface area contributed by atoms with Crippen molar-refractivity contribution >= 4 is 24.4 Å². The number of azide groups is 1. The number of nitrogens with zero attached hydrogens (tertiary/aromatic N) is 5. The minimum Gasteiger partial charge on any atom is -0.393 e. The molecule has 0 radical (unpaired) electrons. The molecular formula is C10H12N8O6. The van der Waals surface area contributed by atoms with Gasteiger partial charge in [-0.2, -0.15) is 5.26 Å². The van der Waals surface area contributed by atoms with Crippen molar-refractivity contribution in [1.82, 2.24) is 10.8 Å². The molecule has 24 heavy (non-hydrogen) atoms. The molecule has 0 spiro atoms. The number of aliphatic imine (C=N–C) groups is 1. The summed E-state index contributed by atoms with van der Waals surface area (Å²) in [7, 11) is 0. The lowest BCUT2D eigenvalue weighted by atomic mass is 9.92. The molecule has 0 aromatic carbocycles. The average molecular weight is 340 g/mol. The second kappa shape index (κ2) is 7.46. The zero-order valence-electron chi connectivity index (χ0n) is 11.8. The maximum Gasteiger partial charge on any atom is 0.268 e. The Bertz CT molecular complexity index is 654. The highest BCUT2D eigenvalue weighted by atomic mass is 16.6. The summed E-state index contributed by atoms with van der Waals surface area (Å²) >= 11 is 0. The molecule has 0 aliphatic carbocycles. The highest BCUT2D eigenvalue weighted by Crippen LogP contribution is 2.43. The number of nitriles is 1. The van der Waals surface area contributed by atoms with Crippen LogP contribution in [0.3, 0.4) is 0 Å². The summed E-state index contributed by atoms with van der Waals surface area (Å²) in [5.74, 6) is -3.58. The van der Waals surface area contributed by atoms with E-state index >= 15 is 0 Å². The van der Waals surface area contributed by atoms with E-state index in [2.05, 4.69) is 15.0 Å². The van der Waals surface area contributed by atoms with Crippen molar-refractivity contribution < 1.29 is 29.7 Å². The molecule has 128 valence electrons. The molecule has 1 aliphatic heterocycles. The number of aliphatic hydroxyl groups is 2. The van der Waals surface area contributed by atoms with E-state index in [0.717, 1.165) is 0 Å². The lowest BCUT2D eigenvalue weighted by molar-refractivity contribution is -0.124. The molecule has 0 unspecified atom stereocenters. The Morgan fingerprint density at radius 2 is 2.29 bits per heavy atom. The third-order valence-electron chi connectivity index (χ3n) is 3.09. The normalized spacial score (nSPS) is 32.2. The maximum absolute atomic E-state index is 11.3. The molecule has 14 heteroatoms. The van der Waals surface area contributed by atoms with Crippen LogP contribution >= 0.6 is 0 Å². The first-order valence-electron chi connectivity index (χ1n) is 6.12. The highest BCUT2D eigenvalue weighted by molar-refractivity contribution is 6.28. The minimum absolute atomic E-state index is 0.0785. The number of carbonyl (C=O) groups is 2. The first-order valence-corrected chi connectivity index (χ1v) is 6.12. The molecule has 6 N–H and O–H groups in total. The van der Waals surface area contributed by atoms with Gasteiger partial charge in [0.25, 0.3) is 11.6 Å². The summed E-state index contributed by atoms with van der Waals surface area (Å²) < 4.78 is 5.08. The van der Waals surface area contributed by atoms with E-state index in [4.69, 9.17) is 20.9 Å². The van der Waals surface area contributed by atoms with Crippen molar-refractivity contribution in [3.05, 3.63) is 10.4 Å². The quantitative estimate of drug-likeness (QED) is 0.0593. The van der Waals surface area contributed by atoms with Gasteiger partial charge in [0, 0.05) is 4.91 Å². The summed E-state index contributed by atoms with van der Waals surface area (Å²) in [4.78, 5) is 28.3. The van der Waals surface area contributed by atoms with Crippen LogP contribution in [0.25, 0.3) is 10.4 Å². The van der Waals surface area contributed by atoms with Gasteiger partial charge in [-0.05, 0) is 5.53 Å². The Balaban J connectivity index is 3.45. The molecular weight excluding hydrogens is 328 g/mol. The third-order valence-corrected chi connectivity index (χ3v) is 3.09. The Morgan fingerprint density at radius 3 is 2.71 bits per heavy atom. The van der Waals surface area contributed by atoms with Gasteiger partial charge >= 0.3 is 0 Å². The summed E-state index contributed by atoms with van der Waals surface area (Å²) in [6, 6.07) is 1.46. The van der Waals surface area contributed by atoms with Crippen molar-refractivity contribution in [3.63, 3.8) is 0 Å². The van der Waals surface area contributed by atoms with Gasteiger partial charge in [0.15, 0.2) is 5.72 Å². The van der Waals surface area contributed by atoms with Crippen LogP contribution in [0, 0.1) is 22.7 Å². The highest BCUT2D eigenvalue weighted by Gasteiger charge is 2.63. The van der Waals surface area contributed by atoms with Gasteiger partial charge in [0.05, 0.1) is 12.8 Å². The number of rotatable bonds is 5. The lowest BCUT2D eigenvalue weighted by Gasteiger charge is -2.24. The monoisotopic (exact) mass is 340 g/mol. The first kappa shape index (κ1) is 19.0. The van der Waals surface area contributed by atoms with Gasteiger partial charge in [-0.15, -0.1) is 0 Å². The molecule has 14 nitrogen and oxygen atoms in total. The average Bonchev–Trinajstić information content (AvgIpc) is 2.83. The van der Waals surface area contributed by atoms with Crippen LogP contribution in [-0.2, 0) is 14.3 Å². The van der Waals surface area contributed by atoms with Crippen LogP contribution in [0.5, 0.6) is 0 Å². The van der Waals surface area contributed by atoms with E-state index in [-0.39, 0.29) is 6.29 Å². The molecule has 1 fully saturated rings. The summed E-state index contributed by atoms with van der Waals surface area (Å²) in [6.45, 7) is -1.09. The number of amides is 1. The van der Waals surface area contributed by atoms with Gasteiger partial charge in [-0.3, -0.25) is 15.3 Å². The maximum atomic E-state index is 11.3. The van der Waals surface area contributed by atoms with Crippen LogP contribution in [0.2, 0.25) is 0 Å². The molecule has 0 bridgehead atoms. The molecule has 0 aromatic rings. The zero-order chi connectivity index (χ0) is 18.4. The van der Waals surface area contributed by atoms with Crippen molar-refractivity contribution in [1.29, 1.82) is 10.7 Å². The van der Waals surface area contributed by atoms with E-state index in [1.807, 2.05) is 5.32 Å². The topological polar surface area (TPSA) is 237 Å². The summed E-state index contributed by atoms with van der Waals surface area (Å²) in [5.41, 5.74) is 5.02. The SMILES string of the molecule is N#C[C@@]1(N=C(NO)NC(=O)C=N)O[C@@](CO)(N=[N+]=[N-])[C@@H](O)[C@H]1C=O. The van der Waals surface area contributed by atoms with E-state index in [9.17, 15) is 25.1 Å². The Morgan fingerprint density at radius 1 is 1.62 bits per heavy atom. The molecule has 1 heterocycles. The Hall–Kier alpha value is -3.08. The molecule has 1 rings (SSSR count). The van der Waals surface area contributed by atoms with Crippen LogP contribution in [-0.4, -0.2) is 63.9 Å². The summed E-state index contributed by atoms with van der Waals surface area (Å²) in [5, 5.41) is 49.4. The molecule has 1 amide bonds. The minimum atomic E-state index is -2.54. The summed E-state index contributed by atoms with van der Waals surface area (Å²) in [6.07, 6.45) is -1.54. The number of hydrogen-bond donors (Lipinski definition) is 6. The van der Waals surface area contributed by atoms with E-state index in [1.54, 1.807) is 0 Å². The van der Waals surface area contributed by atoms with Crippen LogP contribution in [0.1, 0.15) is 0 Å². The molecule has 0 aromatic heterocycles. The van der Waals surface area contributed by atoms with Gasteiger partial charge < -0.3 is 25.2 Å². The van der Waals surface area contributed by atoms with Crippen LogP contribution < -0.4 is 10.8 Å². The van der Waals surface area contributed by atoms with Crippen molar-refractivity contribution in [3.8, 4) is 6.07 Å². The van der Waals surface area contributed by atoms with Crippen molar-refractivity contribution in [2.45, 2.75) is 17.6 Å². The van der Waals surface area contributed by atoms with E-state index in [0.29, 0.717) is 6.21 Å². The standard InChI is InChI=1S/C10H12N8O6/c11-1-6(21)14-8(16-23)15-9(3-12)5(2-19)7(22)10(4-20,24-9)17-18-13/h1-2,5,7,11,20,22-23H,4H2,(H2,14,15,16,21)/t5-,7+,9-,10-/m1/s1. The lowest BCUT2D eigenvalue weighted by Crippen LogP contribution is -2.45. The fourth-order valence-corrected chi connectivity index (χ4v) is 1.99. The number of hydroxylamine groups is 1.